The summed E-state index contributed by atoms with van der Waals surface area (Å²) in [6, 6.07) is 0. The van der Waals surface area contributed by atoms with Gasteiger partial charge in [0.15, 0.2) is 0 Å². The molecule has 0 aromatic heterocycles. The van der Waals surface area contributed by atoms with Crippen molar-refractivity contribution in [2.45, 2.75) is 90.0 Å². The molecule has 0 heterocycles. The van der Waals surface area contributed by atoms with Crippen molar-refractivity contribution in [3.05, 3.63) is 44.6 Å². The molecule has 26 heavy (non-hydrogen) atoms. The van der Waals surface area contributed by atoms with Gasteiger partial charge in [0.2, 0.25) is 0 Å². The number of rotatable bonds is 1. The topological polar surface area (TPSA) is 0 Å². The molecule has 0 amide bonds. The summed E-state index contributed by atoms with van der Waals surface area (Å²) >= 11 is 0. The molecular formula is C26H40. The maximum absolute atomic E-state index is 2.55. The quantitative estimate of drug-likeness (QED) is 0.448. The molecule has 2 atom stereocenters. The van der Waals surface area contributed by atoms with Crippen LogP contribution < -0.4 is 0 Å². The maximum Gasteiger partial charge on any atom is 0.0213 e. The fourth-order valence-electron chi connectivity index (χ4n) is 6.54. The monoisotopic (exact) mass is 352 g/mol. The summed E-state index contributed by atoms with van der Waals surface area (Å²) in [4.78, 5) is 0. The molecule has 3 aliphatic rings. The normalized spacial score (nSPS) is 35.2. The minimum atomic E-state index is 0.0984. The summed E-state index contributed by atoms with van der Waals surface area (Å²) in [5, 5.41) is 0. The van der Waals surface area contributed by atoms with E-state index in [0.29, 0.717) is 5.92 Å². The molecule has 0 aromatic carbocycles. The van der Waals surface area contributed by atoms with Gasteiger partial charge in [0.1, 0.15) is 0 Å². The summed E-state index contributed by atoms with van der Waals surface area (Å²) < 4.78 is 0. The van der Waals surface area contributed by atoms with Crippen molar-refractivity contribution in [2.24, 2.45) is 27.6 Å². The van der Waals surface area contributed by atoms with E-state index < -0.39 is 0 Å². The highest BCUT2D eigenvalue weighted by Gasteiger charge is 2.61. The van der Waals surface area contributed by atoms with Gasteiger partial charge < -0.3 is 0 Å². The SMILES string of the molecule is CC1=C(C)C(C)(C)C(C)=C1C1(C)C2=C(C)C(C)(C)C(C)=C2C(C)(C)C1C. The Balaban J connectivity index is 2.43. The van der Waals surface area contributed by atoms with Crippen LogP contribution in [0.5, 0.6) is 0 Å². The molecule has 0 N–H and O–H groups in total. The van der Waals surface area contributed by atoms with E-state index in [9.17, 15) is 0 Å². The van der Waals surface area contributed by atoms with Gasteiger partial charge in [-0.05, 0) is 68.2 Å². The molecule has 0 saturated heterocycles. The third kappa shape index (κ3) is 1.87. The first kappa shape index (κ1) is 19.7. The van der Waals surface area contributed by atoms with E-state index in [-0.39, 0.29) is 21.7 Å². The zero-order valence-corrected chi connectivity index (χ0v) is 19.6. The molecular weight excluding hydrogens is 312 g/mol. The standard InChI is InChI=1S/C26H40/c1-14-15(2)23(7,8)16(3)20(14)26(13)19(6)25(11,12)21-17(4)24(9,10)18(5)22(21)26/h19H,1-13H3. The predicted molar refractivity (Wildman–Crippen MR) is 115 cm³/mol. The van der Waals surface area contributed by atoms with Crippen LogP contribution in [0.15, 0.2) is 44.6 Å². The van der Waals surface area contributed by atoms with Crippen LogP contribution in [0, 0.1) is 27.6 Å². The summed E-state index contributed by atoms with van der Waals surface area (Å²) in [7, 11) is 0. The molecule has 0 spiro atoms. The van der Waals surface area contributed by atoms with Crippen molar-refractivity contribution in [3.63, 3.8) is 0 Å². The molecule has 3 aliphatic carbocycles. The molecule has 3 rings (SSSR count). The van der Waals surface area contributed by atoms with E-state index >= 15 is 0 Å². The first-order valence-electron chi connectivity index (χ1n) is 10.4. The summed E-state index contributed by atoms with van der Waals surface area (Å²) in [5.41, 5.74) is 13.5. The third-order valence-corrected chi connectivity index (χ3v) is 9.69. The van der Waals surface area contributed by atoms with Crippen molar-refractivity contribution in [2.75, 3.05) is 0 Å². The fourth-order valence-corrected chi connectivity index (χ4v) is 6.54. The summed E-state index contributed by atoms with van der Waals surface area (Å²) in [6.45, 7) is 31.6. The summed E-state index contributed by atoms with van der Waals surface area (Å²) in [5.74, 6) is 0.586. The number of allylic oxidation sites excluding steroid dienone is 8. The molecule has 0 aliphatic heterocycles. The van der Waals surface area contributed by atoms with Crippen LogP contribution in [0.3, 0.4) is 0 Å². The second-order valence-corrected chi connectivity index (χ2v) is 11.1. The van der Waals surface area contributed by atoms with Gasteiger partial charge in [-0.3, -0.25) is 0 Å². The van der Waals surface area contributed by atoms with Crippen molar-refractivity contribution in [1.82, 2.24) is 0 Å². The first-order chi connectivity index (χ1) is 11.6. The Labute approximate surface area is 162 Å². The lowest BCUT2D eigenvalue weighted by atomic mass is 9.63. The lowest BCUT2D eigenvalue weighted by molar-refractivity contribution is 0.216. The maximum atomic E-state index is 2.55. The van der Waals surface area contributed by atoms with E-state index in [0.717, 1.165) is 0 Å². The van der Waals surface area contributed by atoms with E-state index in [1.807, 2.05) is 0 Å². The highest BCUT2D eigenvalue weighted by atomic mass is 14.6. The van der Waals surface area contributed by atoms with Gasteiger partial charge in [-0.2, -0.15) is 0 Å². The van der Waals surface area contributed by atoms with Gasteiger partial charge in [-0.1, -0.05) is 77.7 Å². The second-order valence-electron chi connectivity index (χ2n) is 11.1. The van der Waals surface area contributed by atoms with E-state index in [2.05, 4.69) is 90.0 Å². The number of hydrogen-bond donors (Lipinski definition) is 0. The van der Waals surface area contributed by atoms with Gasteiger partial charge in [0.05, 0.1) is 0 Å². The average Bonchev–Trinajstić information content (AvgIpc) is 2.89. The van der Waals surface area contributed by atoms with Gasteiger partial charge in [-0.25, -0.2) is 0 Å². The van der Waals surface area contributed by atoms with E-state index in [4.69, 9.17) is 0 Å². The Kier molecular flexibility index (Phi) is 3.84. The molecule has 144 valence electrons. The number of hydrogen-bond acceptors (Lipinski definition) is 0. The zero-order valence-electron chi connectivity index (χ0n) is 19.6. The lowest BCUT2D eigenvalue weighted by Crippen LogP contribution is -2.32. The van der Waals surface area contributed by atoms with Gasteiger partial charge in [0, 0.05) is 16.2 Å². The minimum absolute atomic E-state index is 0.0984. The second kappa shape index (κ2) is 5.06. The number of fused-ring (bicyclic) bond motifs is 1. The van der Waals surface area contributed by atoms with Crippen molar-refractivity contribution in [1.29, 1.82) is 0 Å². The smallest absolute Gasteiger partial charge is 0.0213 e. The van der Waals surface area contributed by atoms with Crippen LogP contribution in [-0.4, -0.2) is 0 Å². The lowest BCUT2D eigenvalue weighted by Gasteiger charge is -2.40. The Bertz CT molecular complexity index is 829. The van der Waals surface area contributed by atoms with E-state index in [1.54, 1.807) is 44.6 Å². The van der Waals surface area contributed by atoms with E-state index in [1.165, 1.54) is 0 Å². The average molecular weight is 353 g/mol. The highest BCUT2D eigenvalue weighted by molar-refractivity contribution is 5.68. The van der Waals surface area contributed by atoms with Gasteiger partial charge in [-0.15, -0.1) is 0 Å². The van der Waals surface area contributed by atoms with Crippen LogP contribution in [0.2, 0.25) is 0 Å². The molecule has 0 heteroatoms. The minimum Gasteiger partial charge on any atom is -0.0605 e. The molecule has 1 saturated carbocycles. The van der Waals surface area contributed by atoms with Crippen LogP contribution >= 0.6 is 0 Å². The summed E-state index contributed by atoms with van der Waals surface area (Å²) in [6.07, 6.45) is 0. The molecule has 1 fully saturated rings. The molecule has 0 nitrogen and oxygen atoms in total. The Morgan fingerprint density at radius 3 is 1.35 bits per heavy atom. The molecule has 0 radical (unpaired) electrons. The van der Waals surface area contributed by atoms with Gasteiger partial charge >= 0.3 is 0 Å². The molecule has 0 aromatic rings. The fraction of sp³-hybridized carbons (Fsp3) is 0.692. The van der Waals surface area contributed by atoms with Crippen molar-refractivity contribution >= 4 is 0 Å². The van der Waals surface area contributed by atoms with Crippen LogP contribution in [0.1, 0.15) is 90.0 Å². The third-order valence-electron chi connectivity index (χ3n) is 9.69. The molecule has 0 bridgehead atoms. The van der Waals surface area contributed by atoms with Gasteiger partial charge in [0.25, 0.3) is 0 Å². The zero-order chi connectivity index (χ0) is 20.2. The Morgan fingerprint density at radius 2 is 0.923 bits per heavy atom. The Morgan fingerprint density at radius 1 is 0.538 bits per heavy atom. The van der Waals surface area contributed by atoms with Crippen LogP contribution in [-0.2, 0) is 0 Å². The predicted octanol–water partition coefficient (Wildman–Crippen LogP) is 8.03. The van der Waals surface area contributed by atoms with Crippen LogP contribution in [0.25, 0.3) is 0 Å². The first-order valence-corrected chi connectivity index (χ1v) is 10.4. The molecule has 2 unspecified atom stereocenters. The Hall–Kier alpha value is -1.04. The van der Waals surface area contributed by atoms with Crippen LogP contribution in [0.4, 0.5) is 0 Å². The largest absolute Gasteiger partial charge is 0.0605 e. The van der Waals surface area contributed by atoms with Crippen molar-refractivity contribution < 1.29 is 0 Å². The van der Waals surface area contributed by atoms with Crippen molar-refractivity contribution in [3.8, 4) is 0 Å². The highest BCUT2D eigenvalue weighted by Crippen LogP contribution is 2.72.